The second kappa shape index (κ2) is 7.93. The number of ether oxygens (including phenoxy) is 3. The zero-order chi connectivity index (χ0) is 21.6. The molecule has 1 fully saturated rings. The van der Waals surface area contributed by atoms with Gasteiger partial charge in [0.2, 0.25) is 12.0 Å². The molecule has 6 N–H and O–H groups in total. The van der Waals surface area contributed by atoms with Crippen LogP contribution in [-0.2, 0) is 17.6 Å². The molecule has 4 rings (SSSR count). The molecule has 9 nitrogen and oxygen atoms in total. The van der Waals surface area contributed by atoms with Crippen LogP contribution in [0.1, 0.15) is 11.1 Å². The molecule has 162 valence electrons. The van der Waals surface area contributed by atoms with Gasteiger partial charge in [-0.1, -0.05) is 12.1 Å². The highest BCUT2D eigenvalue weighted by Gasteiger charge is 2.45. The van der Waals surface area contributed by atoms with E-state index in [1.54, 1.807) is 12.1 Å². The molecule has 0 saturated carbocycles. The Hall–Kier alpha value is -2.56. The van der Waals surface area contributed by atoms with Gasteiger partial charge >= 0.3 is 0 Å². The lowest BCUT2D eigenvalue weighted by atomic mass is 9.84. The number of benzene rings is 2. The van der Waals surface area contributed by atoms with Crippen LogP contribution in [0, 0.1) is 0 Å². The van der Waals surface area contributed by atoms with E-state index in [2.05, 4.69) is 0 Å². The number of hydrogen-bond acceptors (Lipinski definition) is 9. The maximum absolute atomic E-state index is 10.8. The van der Waals surface area contributed by atoms with Crippen molar-refractivity contribution in [2.45, 2.75) is 43.5 Å². The third kappa shape index (κ3) is 3.24. The topological polar surface area (TPSA) is 149 Å². The van der Waals surface area contributed by atoms with Gasteiger partial charge in [0.1, 0.15) is 30.2 Å². The molecule has 0 spiro atoms. The zero-order valence-corrected chi connectivity index (χ0v) is 16.2. The number of methoxy groups -OCH3 is 1. The Morgan fingerprint density at radius 1 is 1.00 bits per heavy atom. The van der Waals surface area contributed by atoms with Gasteiger partial charge in [0.15, 0.2) is 11.5 Å². The van der Waals surface area contributed by atoms with Gasteiger partial charge in [-0.05, 0) is 36.1 Å². The van der Waals surface area contributed by atoms with Crippen LogP contribution in [-0.4, -0.2) is 75.1 Å². The van der Waals surface area contributed by atoms with Crippen molar-refractivity contribution in [3.63, 3.8) is 0 Å². The zero-order valence-electron chi connectivity index (χ0n) is 16.2. The number of hydrogen-bond donors (Lipinski definition) is 6. The van der Waals surface area contributed by atoms with E-state index in [4.69, 9.17) is 14.2 Å². The maximum atomic E-state index is 10.8. The molecule has 2 aliphatic rings. The van der Waals surface area contributed by atoms with Crippen molar-refractivity contribution in [3.05, 3.63) is 35.4 Å². The quantitative estimate of drug-likeness (QED) is 0.403. The molecular formula is C21H24O9. The van der Waals surface area contributed by atoms with E-state index in [-0.39, 0.29) is 23.0 Å². The summed E-state index contributed by atoms with van der Waals surface area (Å²) in [5.74, 6) is -0.343. The Morgan fingerprint density at radius 2 is 1.73 bits per heavy atom. The Morgan fingerprint density at radius 3 is 2.43 bits per heavy atom. The molecule has 1 heterocycles. The highest BCUT2D eigenvalue weighted by molar-refractivity contribution is 5.86. The molecule has 1 aliphatic carbocycles. The molecule has 5 atom stereocenters. The normalized spacial score (nSPS) is 27.8. The van der Waals surface area contributed by atoms with Crippen molar-refractivity contribution >= 4 is 0 Å². The number of rotatable bonds is 4. The summed E-state index contributed by atoms with van der Waals surface area (Å²) in [6, 6.07) is 6.75. The predicted molar refractivity (Wildman–Crippen MR) is 104 cm³/mol. The number of aliphatic hydroxyl groups excluding tert-OH is 4. The van der Waals surface area contributed by atoms with E-state index in [9.17, 15) is 30.6 Å². The third-order valence-corrected chi connectivity index (χ3v) is 5.65. The first kappa shape index (κ1) is 20.7. The molecule has 5 unspecified atom stereocenters. The first-order chi connectivity index (χ1) is 14.4. The Labute approximate surface area is 172 Å². The van der Waals surface area contributed by atoms with Crippen molar-refractivity contribution in [2.24, 2.45) is 0 Å². The monoisotopic (exact) mass is 420 g/mol. The van der Waals surface area contributed by atoms with Crippen LogP contribution in [0.2, 0.25) is 0 Å². The summed E-state index contributed by atoms with van der Waals surface area (Å²) in [4.78, 5) is 0. The summed E-state index contributed by atoms with van der Waals surface area (Å²) >= 11 is 0. The van der Waals surface area contributed by atoms with Crippen LogP contribution in [0.4, 0.5) is 0 Å². The summed E-state index contributed by atoms with van der Waals surface area (Å²) < 4.78 is 16.5. The molecule has 1 saturated heterocycles. The van der Waals surface area contributed by atoms with Gasteiger partial charge in [-0.2, -0.15) is 0 Å². The van der Waals surface area contributed by atoms with E-state index in [1.807, 2.05) is 6.07 Å². The molecule has 9 heteroatoms. The smallest absolute Gasteiger partial charge is 0.229 e. The van der Waals surface area contributed by atoms with Crippen molar-refractivity contribution in [3.8, 4) is 34.1 Å². The second-order valence-electron chi connectivity index (χ2n) is 7.42. The largest absolute Gasteiger partial charge is 0.507 e. The fraction of sp³-hybridized carbons (Fsp3) is 0.429. The first-order valence-electron chi connectivity index (χ1n) is 9.58. The molecule has 0 bridgehead atoms. The summed E-state index contributed by atoms with van der Waals surface area (Å²) in [7, 11) is 1.38. The number of aliphatic hydroxyl groups is 4. The summed E-state index contributed by atoms with van der Waals surface area (Å²) in [6.07, 6.45) is -6.25. The van der Waals surface area contributed by atoms with Crippen molar-refractivity contribution in [1.82, 2.24) is 0 Å². The Kier molecular flexibility index (Phi) is 5.48. The number of aryl methyl sites for hydroxylation is 2. The van der Waals surface area contributed by atoms with Gasteiger partial charge in [0.05, 0.1) is 13.7 Å². The summed E-state index contributed by atoms with van der Waals surface area (Å²) in [6.45, 7) is -0.614. The van der Waals surface area contributed by atoms with Gasteiger partial charge in [-0.25, -0.2) is 0 Å². The molecule has 2 aromatic rings. The lowest BCUT2D eigenvalue weighted by molar-refractivity contribution is -0.277. The average Bonchev–Trinajstić information content (AvgIpc) is 2.75. The molecular weight excluding hydrogens is 396 g/mol. The average molecular weight is 420 g/mol. The molecule has 0 amide bonds. The lowest BCUT2D eigenvalue weighted by Crippen LogP contribution is -2.60. The van der Waals surface area contributed by atoms with E-state index >= 15 is 0 Å². The van der Waals surface area contributed by atoms with Crippen LogP contribution in [0.15, 0.2) is 24.3 Å². The van der Waals surface area contributed by atoms with E-state index in [0.29, 0.717) is 24.0 Å². The molecule has 0 radical (unpaired) electrons. The number of fused-ring (bicyclic) bond motifs is 3. The lowest BCUT2D eigenvalue weighted by Gasteiger charge is -2.40. The van der Waals surface area contributed by atoms with Crippen molar-refractivity contribution < 1.29 is 44.8 Å². The van der Waals surface area contributed by atoms with E-state index in [0.717, 1.165) is 11.1 Å². The minimum Gasteiger partial charge on any atom is -0.507 e. The van der Waals surface area contributed by atoms with Crippen LogP contribution >= 0.6 is 0 Å². The van der Waals surface area contributed by atoms with Gasteiger partial charge in [-0.15, -0.1) is 0 Å². The number of aromatic hydroxyl groups is 2. The van der Waals surface area contributed by atoms with Crippen LogP contribution in [0.3, 0.4) is 0 Å². The standard InChI is InChI=1S/C21H24O9/c1-28-12-7-10-6-5-9-3-2-4-11(23)14(9)15(10)20(17(12)25)30-21-19(27)18(26)16(24)13(8-22)29-21/h2-4,7,13,16,18-19,21-27H,5-6,8H2,1H3. The van der Waals surface area contributed by atoms with Gasteiger partial charge in [0, 0.05) is 11.1 Å². The third-order valence-electron chi connectivity index (χ3n) is 5.65. The van der Waals surface area contributed by atoms with Crippen LogP contribution in [0.5, 0.6) is 23.0 Å². The SMILES string of the molecule is COc1cc2c(c(OC3OC(CO)C(O)C(O)C3O)c1O)-c1c(O)cccc1CC2. The second-order valence-corrected chi connectivity index (χ2v) is 7.42. The van der Waals surface area contributed by atoms with Gasteiger partial charge < -0.3 is 44.8 Å². The number of phenols is 2. The van der Waals surface area contributed by atoms with Crippen LogP contribution in [0.25, 0.3) is 11.1 Å². The maximum Gasteiger partial charge on any atom is 0.229 e. The Bertz CT molecular complexity index is 943. The molecule has 0 aromatic heterocycles. The molecule has 30 heavy (non-hydrogen) atoms. The summed E-state index contributed by atoms with van der Waals surface area (Å²) in [5.41, 5.74) is 2.50. The highest BCUT2D eigenvalue weighted by Crippen LogP contribution is 2.52. The van der Waals surface area contributed by atoms with Gasteiger partial charge in [-0.3, -0.25) is 0 Å². The van der Waals surface area contributed by atoms with Crippen molar-refractivity contribution in [2.75, 3.05) is 13.7 Å². The summed E-state index contributed by atoms with van der Waals surface area (Å²) in [5, 5.41) is 61.1. The fourth-order valence-electron chi connectivity index (χ4n) is 4.05. The minimum absolute atomic E-state index is 0.00308. The predicted octanol–water partition coefficient (Wildman–Crippen LogP) is 0.0507. The van der Waals surface area contributed by atoms with Gasteiger partial charge in [0.25, 0.3) is 0 Å². The Balaban J connectivity index is 1.83. The van der Waals surface area contributed by atoms with E-state index < -0.39 is 37.3 Å². The minimum atomic E-state index is -1.66. The van der Waals surface area contributed by atoms with E-state index in [1.165, 1.54) is 13.2 Å². The number of phenolic OH excluding ortho intramolecular Hbond substituents is 2. The fourth-order valence-corrected chi connectivity index (χ4v) is 4.05. The highest BCUT2D eigenvalue weighted by atomic mass is 16.7. The molecule has 1 aliphatic heterocycles. The van der Waals surface area contributed by atoms with Crippen molar-refractivity contribution in [1.29, 1.82) is 0 Å². The first-order valence-corrected chi connectivity index (χ1v) is 9.58. The van der Waals surface area contributed by atoms with Crippen LogP contribution < -0.4 is 9.47 Å². The molecule has 2 aromatic carbocycles.